The minimum absolute atomic E-state index is 0.111. The van der Waals surface area contributed by atoms with Crippen molar-refractivity contribution >= 4 is 11.8 Å². The van der Waals surface area contributed by atoms with Crippen LogP contribution in [0, 0.1) is 0 Å². The predicted molar refractivity (Wildman–Crippen MR) is 97.0 cm³/mol. The van der Waals surface area contributed by atoms with Gasteiger partial charge in [0.15, 0.2) is 0 Å². The molecular formula is C19H23N5O3. The topological polar surface area (TPSA) is 80.6 Å². The fourth-order valence-electron chi connectivity index (χ4n) is 3.49. The van der Waals surface area contributed by atoms with Crippen molar-refractivity contribution in [2.24, 2.45) is 0 Å². The van der Waals surface area contributed by atoms with E-state index in [-0.39, 0.29) is 17.9 Å². The third-order valence-electron chi connectivity index (χ3n) is 5.19. The molecular weight excluding hydrogens is 346 g/mol. The Morgan fingerprint density at radius 2 is 2.04 bits per heavy atom. The molecule has 2 amide bonds. The number of hydrogen-bond acceptors (Lipinski definition) is 5. The molecule has 0 radical (unpaired) electrons. The van der Waals surface area contributed by atoms with E-state index >= 15 is 0 Å². The second kappa shape index (κ2) is 7.38. The molecule has 4 rings (SSSR count). The summed E-state index contributed by atoms with van der Waals surface area (Å²) in [4.78, 5) is 27.8. The van der Waals surface area contributed by atoms with Crippen LogP contribution < -0.4 is 4.74 Å². The molecule has 0 saturated carbocycles. The number of nitrogens with zero attached hydrogens (tertiary/aromatic N) is 5. The summed E-state index contributed by atoms with van der Waals surface area (Å²) in [5.74, 6) is 1.08. The van der Waals surface area contributed by atoms with E-state index in [1.165, 1.54) is 0 Å². The quantitative estimate of drug-likeness (QED) is 0.760. The van der Waals surface area contributed by atoms with Gasteiger partial charge in [-0.3, -0.25) is 9.59 Å². The smallest absolute Gasteiger partial charge is 0.227 e. The average molecular weight is 369 g/mol. The Bertz CT molecular complexity index is 826. The lowest BCUT2D eigenvalue weighted by Gasteiger charge is -2.39. The Morgan fingerprint density at radius 1 is 1.26 bits per heavy atom. The molecule has 142 valence electrons. The van der Waals surface area contributed by atoms with Gasteiger partial charge in [-0.25, -0.2) is 4.68 Å². The molecule has 0 atom stereocenters. The van der Waals surface area contributed by atoms with Crippen LogP contribution in [0.5, 0.6) is 5.75 Å². The van der Waals surface area contributed by atoms with E-state index in [4.69, 9.17) is 4.74 Å². The first-order valence-corrected chi connectivity index (χ1v) is 9.21. The summed E-state index contributed by atoms with van der Waals surface area (Å²) in [6.07, 6.45) is 3.82. The molecule has 3 heterocycles. The average Bonchev–Trinajstić information content (AvgIpc) is 3.24. The number of carbonyl (C=O) groups is 2. The van der Waals surface area contributed by atoms with Gasteiger partial charge in [0.25, 0.3) is 0 Å². The molecule has 1 aromatic heterocycles. The zero-order valence-electron chi connectivity index (χ0n) is 15.4. The van der Waals surface area contributed by atoms with E-state index in [1.54, 1.807) is 7.11 Å². The molecule has 2 fully saturated rings. The number of benzene rings is 1. The summed E-state index contributed by atoms with van der Waals surface area (Å²) in [5, 5.41) is 8.35. The highest BCUT2D eigenvalue weighted by atomic mass is 16.5. The monoisotopic (exact) mass is 369 g/mol. The normalized spacial score (nSPS) is 17.3. The molecule has 2 aliphatic rings. The molecule has 8 heteroatoms. The van der Waals surface area contributed by atoms with Gasteiger partial charge >= 0.3 is 0 Å². The molecule has 0 bridgehead atoms. The molecule has 1 aromatic carbocycles. The lowest BCUT2D eigenvalue weighted by Crippen LogP contribution is -2.51. The Labute approximate surface area is 157 Å². The maximum Gasteiger partial charge on any atom is 0.227 e. The predicted octanol–water partition coefficient (Wildman–Crippen LogP) is 1.04. The number of likely N-dealkylation sites (tertiary alicyclic amines) is 2. The van der Waals surface area contributed by atoms with Crippen molar-refractivity contribution in [2.75, 3.05) is 26.7 Å². The number of carbonyl (C=O) groups excluding carboxylic acids is 2. The molecule has 27 heavy (non-hydrogen) atoms. The second-order valence-electron chi connectivity index (χ2n) is 7.09. The van der Waals surface area contributed by atoms with E-state index in [0.29, 0.717) is 32.5 Å². The first-order chi connectivity index (χ1) is 13.1. The van der Waals surface area contributed by atoms with Gasteiger partial charge in [-0.05, 0) is 24.1 Å². The molecule has 2 aromatic rings. The Hall–Kier alpha value is -2.90. The van der Waals surface area contributed by atoms with Crippen molar-refractivity contribution in [3.8, 4) is 5.75 Å². The number of methoxy groups -OCH3 is 1. The Balaban J connectivity index is 1.27. The highest BCUT2D eigenvalue weighted by Gasteiger charge is 2.33. The first kappa shape index (κ1) is 17.5. The van der Waals surface area contributed by atoms with Gasteiger partial charge < -0.3 is 14.5 Å². The summed E-state index contributed by atoms with van der Waals surface area (Å²) in [6, 6.07) is 7.71. The third-order valence-corrected chi connectivity index (χ3v) is 5.19. The van der Waals surface area contributed by atoms with Gasteiger partial charge in [0, 0.05) is 26.1 Å². The number of aromatic nitrogens is 3. The summed E-state index contributed by atoms with van der Waals surface area (Å²) >= 11 is 0. The van der Waals surface area contributed by atoms with Crippen molar-refractivity contribution < 1.29 is 14.3 Å². The highest BCUT2D eigenvalue weighted by Crippen LogP contribution is 2.22. The van der Waals surface area contributed by atoms with Crippen LogP contribution in [-0.2, 0) is 22.6 Å². The number of rotatable bonds is 6. The second-order valence-corrected chi connectivity index (χ2v) is 7.09. The van der Waals surface area contributed by atoms with E-state index in [1.807, 2.05) is 44.9 Å². The maximum absolute atomic E-state index is 12.4. The van der Waals surface area contributed by atoms with Gasteiger partial charge in [0.1, 0.15) is 11.4 Å². The molecule has 8 nitrogen and oxygen atoms in total. The van der Waals surface area contributed by atoms with E-state index in [9.17, 15) is 9.59 Å². The van der Waals surface area contributed by atoms with Crippen molar-refractivity contribution in [3.05, 3.63) is 41.7 Å². The maximum atomic E-state index is 12.4. The van der Waals surface area contributed by atoms with Crippen molar-refractivity contribution in [1.29, 1.82) is 0 Å². The first-order valence-electron chi connectivity index (χ1n) is 9.21. The lowest BCUT2D eigenvalue weighted by molar-refractivity contribution is -0.136. The lowest BCUT2D eigenvalue weighted by atomic mass is 10.1. The molecule has 0 unspecified atom stereocenters. The van der Waals surface area contributed by atoms with Gasteiger partial charge in [-0.15, -0.1) is 5.10 Å². The molecule has 0 aliphatic carbocycles. The fourth-order valence-corrected chi connectivity index (χ4v) is 3.49. The van der Waals surface area contributed by atoms with Gasteiger partial charge in [0.05, 0.1) is 32.3 Å². The Morgan fingerprint density at radius 3 is 2.70 bits per heavy atom. The van der Waals surface area contributed by atoms with E-state index in [0.717, 1.165) is 30.0 Å². The van der Waals surface area contributed by atoms with Crippen molar-refractivity contribution in [2.45, 2.75) is 31.8 Å². The molecule has 2 saturated heterocycles. The SMILES string of the molecule is COc1ccc(CC(=O)N2CC(n3cc(CN4CCCC4=O)nn3)C2)cc1. The summed E-state index contributed by atoms with van der Waals surface area (Å²) < 4.78 is 6.95. The molecule has 2 aliphatic heterocycles. The van der Waals surface area contributed by atoms with Crippen LogP contribution >= 0.6 is 0 Å². The van der Waals surface area contributed by atoms with E-state index < -0.39 is 0 Å². The molecule has 0 spiro atoms. The van der Waals surface area contributed by atoms with E-state index in [2.05, 4.69) is 10.3 Å². The largest absolute Gasteiger partial charge is 0.497 e. The van der Waals surface area contributed by atoms with Gasteiger partial charge in [0.2, 0.25) is 11.8 Å². The van der Waals surface area contributed by atoms with Crippen LogP contribution in [-0.4, -0.2) is 63.4 Å². The molecule has 0 N–H and O–H groups in total. The van der Waals surface area contributed by atoms with Crippen LogP contribution in [0.15, 0.2) is 30.5 Å². The van der Waals surface area contributed by atoms with Gasteiger partial charge in [-0.2, -0.15) is 0 Å². The van der Waals surface area contributed by atoms with Crippen LogP contribution in [0.1, 0.15) is 30.1 Å². The van der Waals surface area contributed by atoms with Crippen molar-refractivity contribution in [1.82, 2.24) is 24.8 Å². The fraction of sp³-hybridized carbons (Fsp3) is 0.474. The van der Waals surface area contributed by atoms with Crippen molar-refractivity contribution in [3.63, 3.8) is 0 Å². The van der Waals surface area contributed by atoms with Gasteiger partial charge in [-0.1, -0.05) is 17.3 Å². The van der Waals surface area contributed by atoms with Crippen LogP contribution in [0.25, 0.3) is 0 Å². The minimum atomic E-state index is 0.111. The highest BCUT2D eigenvalue weighted by molar-refractivity contribution is 5.79. The summed E-state index contributed by atoms with van der Waals surface area (Å²) in [5.41, 5.74) is 1.77. The summed E-state index contributed by atoms with van der Waals surface area (Å²) in [6.45, 7) is 2.59. The van der Waals surface area contributed by atoms with Crippen LogP contribution in [0.2, 0.25) is 0 Å². The summed E-state index contributed by atoms with van der Waals surface area (Å²) in [7, 11) is 1.62. The zero-order valence-corrected chi connectivity index (χ0v) is 15.4. The minimum Gasteiger partial charge on any atom is -0.497 e. The number of ether oxygens (including phenoxy) is 1. The third kappa shape index (κ3) is 3.79. The number of amides is 2. The van der Waals surface area contributed by atoms with Crippen LogP contribution in [0.4, 0.5) is 0 Å². The zero-order chi connectivity index (χ0) is 18.8. The standard InChI is InChI=1S/C19H23N5O3/c1-27-17-6-4-14(5-7-17)9-19(26)23-12-16(13-23)24-11-15(20-21-24)10-22-8-2-3-18(22)25/h4-7,11,16H,2-3,8-10,12-13H2,1H3. The Kier molecular flexibility index (Phi) is 4.79. The number of hydrogen-bond donors (Lipinski definition) is 0. The van der Waals surface area contributed by atoms with Crippen LogP contribution in [0.3, 0.4) is 0 Å².